The molecule has 9 heteroatoms. The maximum atomic E-state index is 10.2. The smallest absolute Gasteiger partial charge is 0.256 e. The molecule has 6 nitrogen and oxygen atoms in total. The number of ether oxygens (including phenoxy) is 1. The fourth-order valence-electron chi connectivity index (χ4n) is 2.31. The Labute approximate surface area is 159 Å². The molecule has 2 heterocycles. The van der Waals surface area contributed by atoms with Crippen LogP contribution in [0.2, 0.25) is 10.0 Å². The molecule has 0 bridgehead atoms. The van der Waals surface area contributed by atoms with Crippen LogP contribution in [0.1, 0.15) is 11.4 Å². The quantitative estimate of drug-likeness (QED) is 0.639. The number of hydrogen-bond donors (Lipinski definition) is 1. The Morgan fingerprint density at radius 3 is 2.68 bits per heavy atom. The molecule has 1 N–H and O–H groups in total. The Morgan fingerprint density at radius 2 is 1.96 bits per heavy atom. The highest BCUT2D eigenvalue weighted by Crippen LogP contribution is 2.32. The summed E-state index contributed by atoms with van der Waals surface area (Å²) in [4.78, 5) is 4.34. The van der Waals surface area contributed by atoms with Crippen LogP contribution in [0.15, 0.2) is 29.4 Å². The van der Waals surface area contributed by atoms with E-state index in [4.69, 9.17) is 27.9 Å². The Morgan fingerprint density at radius 1 is 1.24 bits per heavy atom. The van der Waals surface area contributed by atoms with E-state index in [0.29, 0.717) is 32.5 Å². The molecule has 0 spiro atoms. The predicted molar refractivity (Wildman–Crippen MR) is 98.9 cm³/mol. The number of hydrogen-bond acceptors (Lipinski definition) is 6. The van der Waals surface area contributed by atoms with Crippen LogP contribution in [-0.2, 0) is 0 Å². The summed E-state index contributed by atoms with van der Waals surface area (Å²) in [6, 6.07) is 7.06. The maximum absolute atomic E-state index is 10.2. The van der Waals surface area contributed by atoms with Crippen molar-refractivity contribution < 1.29 is 9.84 Å². The third-order valence-corrected chi connectivity index (χ3v) is 5.08. The summed E-state index contributed by atoms with van der Waals surface area (Å²) >= 11 is 13.5. The summed E-state index contributed by atoms with van der Waals surface area (Å²) in [6.45, 7) is 3.95. The van der Waals surface area contributed by atoms with Crippen molar-refractivity contribution in [2.24, 2.45) is 0 Å². The molecule has 2 aromatic heterocycles. The zero-order valence-corrected chi connectivity index (χ0v) is 15.9. The normalized spacial score (nSPS) is 12.5. The highest BCUT2D eigenvalue weighted by atomic mass is 35.5. The van der Waals surface area contributed by atoms with Crippen molar-refractivity contribution in [3.8, 4) is 5.75 Å². The van der Waals surface area contributed by atoms with Gasteiger partial charge >= 0.3 is 0 Å². The SMILES string of the molecule is Cc1cc(C)n2c(SC[C@H](O)COc3c(Cl)cccc3Cl)nnc2n1. The Bertz CT molecular complexity index is 883. The monoisotopic (exact) mass is 398 g/mol. The second-order valence-electron chi connectivity index (χ2n) is 5.48. The Balaban J connectivity index is 1.62. The van der Waals surface area contributed by atoms with Gasteiger partial charge in [-0.15, -0.1) is 10.2 Å². The van der Waals surface area contributed by atoms with E-state index in [1.165, 1.54) is 11.8 Å². The van der Waals surface area contributed by atoms with Crippen LogP contribution in [-0.4, -0.2) is 43.2 Å². The number of aryl methyl sites for hydroxylation is 2. The van der Waals surface area contributed by atoms with E-state index in [1.54, 1.807) is 18.2 Å². The number of aliphatic hydroxyl groups is 1. The van der Waals surface area contributed by atoms with Crippen molar-refractivity contribution in [3.63, 3.8) is 0 Å². The van der Waals surface area contributed by atoms with Gasteiger partial charge in [-0.1, -0.05) is 41.0 Å². The second-order valence-corrected chi connectivity index (χ2v) is 7.29. The summed E-state index contributed by atoms with van der Waals surface area (Å²) in [6.07, 6.45) is -0.719. The molecule has 1 aromatic carbocycles. The minimum absolute atomic E-state index is 0.0729. The van der Waals surface area contributed by atoms with Gasteiger partial charge < -0.3 is 9.84 Å². The van der Waals surface area contributed by atoms with Crippen molar-refractivity contribution >= 4 is 40.7 Å². The molecule has 0 saturated carbocycles. The topological polar surface area (TPSA) is 72.5 Å². The van der Waals surface area contributed by atoms with Gasteiger partial charge in [-0.2, -0.15) is 0 Å². The van der Waals surface area contributed by atoms with E-state index in [0.717, 1.165) is 11.4 Å². The van der Waals surface area contributed by atoms with Gasteiger partial charge in [-0.05, 0) is 32.0 Å². The highest BCUT2D eigenvalue weighted by molar-refractivity contribution is 7.99. The first-order valence-electron chi connectivity index (χ1n) is 7.52. The fourth-order valence-corrected chi connectivity index (χ4v) is 3.71. The molecular formula is C16H16Cl2N4O2S. The van der Waals surface area contributed by atoms with E-state index in [9.17, 15) is 5.11 Å². The molecule has 0 amide bonds. The van der Waals surface area contributed by atoms with Crippen molar-refractivity contribution in [1.82, 2.24) is 19.6 Å². The van der Waals surface area contributed by atoms with Crippen LogP contribution in [0.4, 0.5) is 0 Å². The molecule has 0 aliphatic carbocycles. The van der Waals surface area contributed by atoms with Gasteiger partial charge in [0.1, 0.15) is 6.61 Å². The van der Waals surface area contributed by atoms with E-state index in [2.05, 4.69) is 15.2 Å². The minimum atomic E-state index is -0.719. The molecule has 3 aromatic rings. The molecule has 3 rings (SSSR count). The van der Waals surface area contributed by atoms with Gasteiger partial charge in [0.15, 0.2) is 10.9 Å². The summed E-state index contributed by atoms with van der Waals surface area (Å²) in [7, 11) is 0. The lowest BCUT2D eigenvalue weighted by molar-refractivity contribution is 0.126. The largest absolute Gasteiger partial charge is 0.488 e. The van der Waals surface area contributed by atoms with Crippen LogP contribution in [0, 0.1) is 13.8 Å². The lowest BCUT2D eigenvalue weighted by Gasteiger charge is -2.13. The third-order valence-electron chi connectivity index (χ3n) is 3.41. The summed E-state index contributed by atoms with van der Waals surface area (Å²) in [5.41, 5.74) is 1.88. The standard InChI is InChI=1S/C16H16Cl2N4O2S/c1-9-6-10(2)22-15(19-9)20-21-16(22)25-8-11(23)7-24-14-12(17)4-3-5-13(14)18/h3-6,11,23H,7-8H2,1-2H3/t11-/m1/s1. The van der Waals surface area contributed by atoms with Gasteiger partial charge in [0.2, 0.25) is 0 Å². The molecule has 0 fully saturated rings. The Kier molecular flexibility index (Phi) is 5.68. The predicted octanol–water partition coefficient (Wildman–Crippen LogP) is 3.58. The van der Waals surface area contributed by atoms with Gasteiger partial charge in [0.05, 0.1) is 16.1 Å². The molecular weight excluding hydrogens is 383 g/mol. The molecule has 0 aliphatic rings. The van der Waals surface area contributed by atoms with E-state index in [-0.39, 0.29) is 6.61 Å². The van der Waals surface area contributed by atoms with Crippen molar-refractivity contribution in [2.45, 2.75) is 25.1 Å². The lowest BCUT2D eigenvalue weighted by Crippen LogP contribution is -2.20. The van der Waals surface area contributed by atoms with Crippen LogP contribution in [0.25, 0.3) is 5.78 Å². The van der Waals surface area contributed by atoms with Crippen molar-refractivity contribution in [2.75, 3.05) is 12.4 Å². The van der Waals surface area contributed by atoms with E-state index >= 15 is 0 Å². The van der Waals surface area contributed by atoms with Gasteiger partial charge in [0.25, 0.3) is 5.78 Å². The van der Waals surface area contributed by atoms with Crippen LogP contribution in [0.3, 0.4) is 0 Å². The summed E-state index contributed by atoms with van der Waals surface area (Å²) < 4.78 is 7.40. The molecule has 0 aliphatic heterocycles. The van der Waals surface area contributed by atoms with Gasteiger partial charge in [0, 0.05) is 17.1 Å². The number of para-hydroxylation sites is 1. The fraction of sp³-hybridized carbons (Fsp3) is 0.312. The summed E-state index contributed by atoms with van der Waals surface area (Å²) in [5, 5.41) is 19.9. The van der Waals surface area contributed by atoms with Gasteiger partial charge in [-0.25, -0.2) is 4.98 Å². The number of thioether (sulfide) groups is 1. The maximum Gasteiger partial charge on any atom is 0.256 e. The van der Waals surface area contributed by atoms with E-state index in [1.807, 2.05) is 24.3 Å². The molecule has 25 heavy (non-hydrogen) atoms. The summed E-state index contributed by atoms with van der Waals surface area (Å²) in [5.74, 6) is 1.31. The average molecular weight is 399 g/mol. The minimum Gasteiger partial charge on any atom is -0.488 e. The molecule has 1 atom stereocenters. The highest BCUT2D eigenvalue weighted by Gasteiger charge is 2.14. The van der Waals surface area contributed by atoms with Crippen LogP contribution < -0.4 is 4.74 Å². The van der Waals surface area contributed by atoms with Crippen LogP contribution in [0.5, 0.6) is 5.75 Å². The zero-order valence-electron chi connectivity index (χ0n) is 13.6. The number of nitrogens with zero attached hydrogens (tertiary/aromatic N) is 4. The number of benzene rings is 1. The molecule has 0 saturated heterocycles. The first kappa shape index (κ1) is 18.3. The number of aromatic nitrogens is 4. The van der Waals surface area contributed by atoms with Crippen molar-refractivity contribution in [3.05, 3.63) is 45.7 Å². The Hall–Kier alpha value is -1.54. The first-order chi connectivity index (χ1) is 12.0. The van der Waals surface area contributed by atoms with Crippen molar-refractivity contribution in [1.29, 1.82) is 0 Å². The number of aliphatic hydroxyl groups excluding tert-OH is 1. The first-order valence-corrected chi connectivity index (χ1v) is 9.27. The number of fused-ring (bicyclic) bond motifs is 1. The zero-order chi connectivity index (χ0) is 18.0. The van der Waals surface area contributed by atoms with Crippen LogP contribution >= 0.6 is 35.0 Å². The second kappa shape index (κ2) is 7.78. The average Bonchev–Trinajstić information content (AvgIpc) is 2.95. The number of rotatable bonds is 6. The van der Waals surface area contributed by atoms with E-state index < -0.39 is 6.10 Å². The number of halogens is 2. The third kappa shape index (κ3) is 4.17. The molecule has 0 unspecified atom stereocenters. The lowest BCUT2D eigenvalue weighted by atomic mass is 10.3. The molecule has 132 valence electrons. The van der Waals surface area contributed by atoms with Gasteiger partial charge in [-0.3, -0.25) is 4.40 Å². The molecule has 0 radical (unpaired) electrons.